The molecule has 1 aliphatic rings. The van der Waals surface area contributed by atoms with Crippen LogP contribution >= 0.6 is 11.8 Å². The Labute approximate surface area is 169 Å². The number of halogens is 3. The average Bonchev–Trinajstić information content (AvgIpc) is 2.95. The van der Waals surface area contributed by atoms with Gasteiger partial charge in [-0.25, -0.2) is 4.90 Å². The Kier molecular flexibility index (Phi) is 5.97. The van der Waals surface area contributed by atoms with E-state index in [9.17, 15) is 27.6 Å². The van der Waals surface area contributed by atoms with Crippen molar-refractivity contribution < 1.29 is 27.6 Å². The molecule has 2 aromatic carbocycles. The lowest BCUT2D eigenvalue weighted by atomic mass is 10.2. The van der Waals surface area contributed by atoms with Crippen molar-refractivity contribution in [3.8, 4) is 0 Å². The standard InChI is InChI=1S/C20H17F3N2O3S/c1-12-5-2-3-8-15(12)24-17(26)11-29-16-10-18(27)25(19(16)28)14-7-4-6-13(9-14)20(21,22)23/h2-9,16H,10-11H2,1H3,(H,24,26). The molecule has 9 heteroatoms. The van der Waals surface area contributed by atoms with Gasteiger partial charge in [-0.1, -0.05) is 24.3 Å². The molecular weight excluding hydrogens is 405 g/mol. The maximum Gasteiger partial charge on any atom is 0.416 e. The van der Waals surface area contributed by atoms with Crippen molar-refractivity contribution in [3.63, 3.8) is 0 Å². The number of amides is 3. The maximum absolute atomic E-state index is 12.9. The van der Waals surface area contributed by atoms with E-state index in [0.29, 0.717) is 5.69 Å². The minimum absolute atomic E-state index is 0.0611. The zero-order chi connectivity index (χ0) is 21.2. The molecule has 1 aliphatic heterocycles. The van der Waals surface area contributed by atoms with E-state index in [1.54, 1.807) is 12.1 Å². The highest BCUT2D eigenvalue weighted by atomic mass is 32.2. The fraction of sp³-hybridized carbons (Fsp3) is 0.250. The molecule has 0 bridgehead atoms. The summed E-state index contributed by atoms with van der Waals surface area (Å²) in [5.41, 5.74) is 0.470. The normalized spacial score (nSPS) is 17.0. The lowest BCUT2D eigenvalue weighted by Gasteiger charge is -2.17. The predicted molar refractivity (Wildman–Crippen MR) is 105 cm³/mol. The summed E-state index contributed by atoms with van der Waals surface area (Å²) >= 11 is 0.991. The number of benzene rings is 2. The quantitative estimate of drug-likeness (QED) is 0.740. The van der Waals surface area contributed by atoms with E-state index in [1.807, 2.05) is 19.1 Å². The van der Waals surface area contributed by atoms with Gasteiger partial charge >= 0.3 is 6.18 Å². The minimum Gasteiger partial charge on any atom is -0.325 e. The van der Waals surface area contributed by atoms with Gasteiger partial charge < -0.3 is 5.32 Å². The van der Waals surface area contributed by atoms with Gasteiger partial charge in [-0.2, -0.15) is 13.2 Å². The lowest BCUT2D eigenvalue weighted by Crippen LogP contribution is -2.31. The molecule has 3 amide bonds. The summed E-state index contributed by atoms with van der Waals surface area (Å²) in [7, 11) is 0. The molecule has 1 fully saturated rings. The molecule has 0 aliphatic carbocycles. The van der Waals surface area contributed by atoms with Gasteiger partial charge in [-0.3, -0.25) is 14.4 Å². The van der Waals surface area contributed by atoms with Crippen LogP contribution in [0.5, 0.6) is 0 Å². The van der Waals surface area contributed by atoms with E-state index >= 15 is 0 Å². The second kappa shape index (κ2) is 8.28. The van der Waals surface area contributed by atoms with Crippen LogP contribution in [0.15, 0.2) is 48.5 Å². The van der Waals surface area contributed by atoms with Crippen molar-refractivity contribution in [2.24, 2.45) is 0 Å². The molecular formula is C20H17F3N2O3S. The SMILES string of the molecule is Cc1ccccc1NC(=O)CSC1CC(=O)N(c2cccc(C(F)(F)F)c2)C1=O. The van der Waals surface area contributed by atoms with E-state index in [2.05, 4.69) is 5.32 Å². The van der Waals surface area contributed by atoms with Crippen LogP contribution in [0.25, 0.3) is 0 Å². The molecule has 0 radical (unpaired) electrons. The third-order valence-electron chi connectivity index (χ3n) is 4.37. The minimum atomic E-state index is -4.58. The molecule has 1 atom stereocenters. The van der Waals surface area contributed by atoms with Gasteiger partial charge in [0.15, 0.2) is 0 Å². The molecule has 1 N–H and O–H groups in total. The van der Waals surface area contributed by atoms with E-state index < -0.39 is 28.8 Å². The number of carbonyl (C=O) groups excluding carboxylic acids is 3. The maximum atomic E-state index is 12.9. The Hall–Kier alpha value is -2.81. The smallest absolute Gasteiger partial charge is 0.325 e. The van der Waals surface area contributed by atoms with Crippen LogP contribution in [-0.2, 0) is 20.6 Å². The highest BCUT2D eigenvalue weighted by Gasteiger charge is 2.41. The average molecular weight is 422 g/mol. The number of alkyl halides is 3. The summed E-state index contributed by atoms with van der Waals surface area (Å²) < 4.78 is 38.7. The summed E-state index contributed by atoms with van der Waals surface area (Å²) in [6.45, 7) is 1.84. The van der Waals surface area contributed by atoms with Crippen molar-refractivity contribution in [2.75, 3.05) is 16.0 Å². The summed E-state index contributed by atoms with van der Waals surface area (Å²) in [5.74, 6) is -1.61. The number of thioether (sulfide) groups is 1. The predicted octanol–water partition coefficient (Wildman–Crippen LogP) is 4.02. The van der Waals surface area contributed by atoms with Crippen LogP contribution in [0, 0.1) is 6.92 Å². The molecule has 2 aromatic rings. The van der Waals surface area contributed by atoms with Crippen LogP contribution < -0.4 is 10.2 Å². The Balaban J connectivity index is 1.65. The van der Waals surface area contributed by atoms with Gasteiger partial charge in [0.2, 0.25) is 17.7 Å². The zero-order valence-corrected chi connectivity index (χ0v) is 16.1. The molecule has 1 saturated heterocycles. The molecule has 0 saturated carbocycles. The Morgan fingerprint density at radius 3 is 2.59 bits per heavy atom. The number of rotatable bonds is 5. The number of hydrogen-bond donors (Lipinski definition) is 1. The highest BCUT2D eigenvalue weighted by molar-refractivity contribution is 8.01. The van der Waals surface area contributed by atoms with Gasteiger partial charge in [0.05, 0.1) is 22.3 Å². The fourth-order valence-electron chi connectivity index (χ4n) is 2.90. The first-order valence-electron chi connectivity index (χ1n) is 8.68. The zero-order valence-electron chi connectivity index (χ0n) is 15.3. The number of carbonyl (C=O) groups is 3. The second-order valence-corrected chi connectivity index (χ2v) is 7.67. The van der Waals surface area contributed by atoms with E-state index in [0.717, 1.165) is 40.4 Å². The first kappa shape index (κ1) is 20.9. The molecule has 152 valence electrons. The van der Waals surface area contributed by atoms with E-state index in [1.165, 1.54) is 6.07 Å². The summed E-state index contributed by atoms with van der Waals surface area (Å²) in [5, 5.41) is 1.91. The van der Waals surface area contributed by atoms with Crippen molar-refractivity contribution in [2.45, 2.75) is 24.8 Å². The molecule has 1 heterocycles. The van der Waals surface area contributed by atoms with Gasteiger partial charge in [0.25, 0.3) is 0 Å². The fourth-order valence-corrected chi connectivity index (χ4v) is 3.84. The first-order valence-corrected chi connectivity index (χ1v) is 9.73. The third kappa shape index (κ3) is 4.79. The van der Waals surface area contributed by atoms with Crippen LogP contribution in [0.4, 0.5) is 24.5 Å². The second-order valence-electron chi connectivity index (χ2n) is 6.48. The number of anilines is 2. The number of hydrogen-bond acceptors (Lipinski definition) is 4. The van der Waals surface area contributed by atoms with E-state index in [4.69, 9.17) is 0 Å². The van der Waals surface area contributed by atoms with Crippen LogP contribution in [0.1, 0.15) is 17.5 Å². The van der Waals surface area contributed by atoms with Crippen molar-refractivity contribution in [1.29, 1.82) is 0 Å². The molecule has 3 rings (SSSR count). The lowest BCUT2D eigenvalue weighted by molar-refractivity contribution is -0.137. The van der Waals surface area contributed by atoms with Crippen molar-refractivity contribution in [3.05, 3.63) is 59.7 Å². The van der Waals surface area contributed by atoms with Gasteiger partial charge in [0, 0.05) is 12.1 Å². The number of para-hydroxylation sites is 1. The Morgan fingerprint density at radius 1 is 1.17 bits per heavy atom. The Bertz CT molecular complexity index is 962. The van der Waals surface area contributed by atoms with E-state index in [-0.39, 0.29) is 23.8 Å². The van der Waals surface area contributed by atoms with Crippen LogP contribution in [-0.4, -0.2) is 28.7 Å². The summed E-state index contributed by atoms with van der Waals surface area (Å²) in [6.07, 6.45) is -4.75. The number of nitrogens with one attached hydrogen (secondary N) is 1. The first-order chi connectivity index (χ1) is 13.7. The van der Waals surface area contributed by atoms with Crippen LogP contribution in [0.2, 0.25) is 0 Å². The van der Waals surface area contributed by atoms with Gasteiger partial charge in [0.1, 0.15) is 0 Å². The molecule has 1 unspecified atom stereocenters. The molecule has 5 nitrogen and oxygen atoms in total. The van der Waals surface area contributed by atoms with Gasteiger partial charge in [-0.05, 0) is 36.8 Å². The monoisotopic (exact) mass is 422 g/mol. The number of aryl methyl sites for hydroxylation is 1. The summed E-state index contributed by atoms with van der Waals surface area (Å²) in [4.78, 5) is 37.7. The van der Waals surface area contributed by atoms with Crippen molar-refractivity contribution >= 4 is 40.9 Å². The van der Waals surface area contributed by atoms with Crippen LogP contribution in [0.3, 0.4) is 0 Å². The topological polar surface area (TPSA) is 66.5 Å². The third-order valence-corrected chi connectivity index (χ3v) is 5.57. The molecule has 29 heavy (non-hydrogen) atoms. The number of nitrogens with zero attached hydrogens (tertiary/aromatic N) is 1. The molecule has 0 spiro atoms. The number of imide groups is 1. The van der Waals surface area contributed by atoms with Gasteiger partial charge in [-0.15, -0.1) is 11.8 Å². The summed E-state index contributed by atoms with van der Waals surface area (Å²) in [6, 6.07) is 11.3. The van der Waals surface area contributed by atoms with Crippen molar-refractivity contribution in [1.82, 2.24) is 0 Å². The molecule has 0 aromatic heterocycles. The highest BCUT2D eigenvalue weighted by Crippen LogP contribution is 2.34. The largest absolute Gasteiger partial charge is 0.416 e. The Morgan fingerprint density at radius 2 is 1.90 bits per heavy atom.